The van der Waals surface area contributed by atoms with Crippen LogP contribution in [-0.4, -0.2) is 61.9 Å². The average Bonchev–Trinajstić information content (AvgIpc) is 2.83. The molecular formula is C27H30O9. The molecule has 4 N–H and O–H groups in total. The lowest BCUT2D eigenvalue weighted by Crippen LogP contribution is -2.45. The van der Waals surface area contributed by atoms with E-state index in [2.05, 4.69) is 0 Å². The molecule has 0 fully saturated rings. The molecule has 0 bridgehead atoms. The van der Waals surface area contributed by atoms with Crippen LogP contribution in [0.4, 0.5) is 0 Å². The third-order valence-electron chi connectivity index (χ3n) is 7.15. The van der Waals surface area contributed by atoms with Crippen molar-refractivity contribution in [2.75, 3.05) is 0 Å². The fourth-order valence-electron chi connectivity index (χ4n) is 5.06. The van der Waals surface area contributed by atoms with Crippen molar-refractivity contribution >= 4 is 17.3 Å². The molecule has 0 radical (unpaired) electrons. The Balaban J connectivity index is 1.85. The number of phenolic OH excluding ortho intramolecular Hbond substituents is 2. The van der Waals surface area contributed by atoms with Crippen molar-refractivity contribution in [1.29, 1.82) is 0 Å². The SMILES string of the molecule is CC[C@H](O)[C@H](C)OC(C)O[C@H]1C[C@](O)(C(C)=O)Cc2c(O)c3c(c(O)c21)C(=O)c1ccccc1C3=O. The summed E-state index contributed by atoms with van der Waals surface area (Å²) in [6.07, 6.45) is -3.68. The Morgan fingerprint density at radius 3 is 2.17 bits per heavy atom. The van der Waals surface area contributed by atoms with E-state index in [0.717, 1.165) is 0 Å². The summed E-state index contributed by atoms with van der Waals surface area (Å²) < 4.78 is 11.7. The van der Waals surface area contributed by atoms with Crippen molar-refractivity contribution in [3.05, 3.63) is 57.6 Å². The van der Waals surface area contributed by atoms with Gasteiger partial charge in [0.1, 0.15) is 17.1 Å². The molecule has 36 heavy (non-hydrogen) atoms. The van der Waals surface area contributed by atoms with E-state index >= 15 is 0 Å². The second-order valence-electron chi connectivity index (χ2n) is 9.52. The summed E-state index contributed by atoms with van der Waals surface area (Å²) in [6.45, 7) is 6.21. The van der Waals surface area contributed by atoms with Crippen LogP contribution in [0, 0.1) is 0 Å². The number of ether oxygens (including phenoxy) is 2. The predicted octanol–water partition coefficient (Wildman–Crippen LogP) is 2.72. The van der Waals surface area contributed by atoms with Crippen LogP contribution >= 0.6 is 0 Å². The van der Waals surface area contributed by atoms with Crippen molar-refractivity contribution in [3.8, 4) is 11.5 Å². The minimum absolute atomic E-state index is 0.0110. The molecule has 5 atom stereocenters. The highest BCUT2D eigenvalue weighted by molar-refractivity contribution is 6.30. The standard InChI is InChI=1S/C27H30O9/c1-5-18(29)12(2)35-14(4)36-19-11-27(34,13(3)28)10-17-20(19)26(33)22-21(25(17)32)23(30)15-8-6-7-9-16(15)24(22)31/h6-9,12,14,18-19,29,32-34H,5,10-11H2,1-4H3/t12-,14?,18-,19-,27-/m0/s1. The molecular weight excluding hydrogens is 468 g/mol. The van der Waals surface area contributed by atoms with Gasteiger partial charge in [-0.1, -0.05) is 31.2 Å². The van der Waals surface area contributed by atoms with Gasteiger partial charge in [0, 0.05) is 35.1 Å². The van der Waals surface area contributed by atoms with Crippen molar-refractivity contribution in [1.82, 2.24) is 0 Å². The summed E-state index contributed by atoms with van der Waals surface area (Å²) in [5.41, 5.74) is -2.53. The normalized spacial score (nSPS) is 23.3. The van der Waals surface area contributed by atoms with E-state index < -0.39 is 59.1 Å². The van der Waals surface area contributed by atoms with Crippen LogP contribution in [0.15, 0.2) is 24.3 Å². The minimum Gasteiger partial charge on any atom is -0.507 e. The number of rotatable bonds is 7. The van der Waals surface area contributed by atoms with Crippen LogP contribution in [0.3, 0.4) is 0 Å². The van der Waals surface area contributed by atoms with E-state index in [1.54, 1.807) is 32.9 Å². The summed E-state index contributed by atoms with van der Waals surface area (Å²) in [5.74, 6) is -3.00. The Morgan fingerprint density at radius 1 is 1.08 bits per heavy atom. The second-order valence-corrected chi connectivity index (χ2v) is 9.52. The topological polar surface area (TPSA) is 151 Å². The number of hydrogen-bond donors (Lipinski definition) is 4. The number of phenols is 2. The lowest BCUT2D eigenvalue weighted by Gasteiger charge is -2.39. The Hall–Kier alpha value is -3.11. The Morgan fingerprint density at radius 2 is 1.64 bits per heavy atom. The first-order valence-electron chi connectivity index (χ1n) is 11.9. The van der Waals surface area contributed by atoms with Crippen LogP contribution in [0.25, 0.3) is 0 Å². The van der Waals surface area contributed by atoms with Gasteiger partial charge in [-0.05, 0) is 27.2 Å². The smallest absolute Gasteiger partial charge is 0.198 e. The van der Waals surface area contributed by atoms with Crippen LogP contribution in [0.1, 0.15) is 89.6 Å². The molecule has 0 amide bonds. The molecule has 192 valence electrons. The number of aromatic hydroxyl groups is 2. The molecule has 2 aliphatic rings. The van der Waals surface area contributed by atoms with Crippen molar-refractivity contribution in [2.45, 2.75) is 77.2 Å². The van der Waals surface area contributed by atoms with Gasteiger partial charge in [-0.25, -0.2) is 0 Å². The minimum atomic E-state index is -1.95. The molecule has 0 saturated carbocycles. The predicted molar refractivity (Wildman–Crippen MR) is 127 cm³/mol. The highest BCUT2D eigenvalue weighted by atomic mass is 16.7. The third kappa shape index (κ3) is 4.12. The van der Waals surface area contributed by atoms with Crippen molar-refractivity contribution in [3.63, 3.8) is 0 Å². The zero-order valence-electron chi connectivity index (χ0n) is 20.6. The molecule has 1 unspecified atom stereocenters. The molecule has 9 heteroatoms. The maximum absolute atomic E-state index is 13.3. The van der Waals surface area contributed by atoms with Gasteiger partial charge in [-0.15, -0.1) is 0 Å². The first-order chi connectivity index (χ1) is 16.9. The average molecular weight is 499 g/mol. The quantitative estimate of drug-likeness (QED) is 0.285. The first-order valence-corrected chi connectivity index (χ1v) is 11.9. The van der Waals surface area contributed by atoms with Gasteiger partial charge in [-0.2, -0.15) is 0 Å². The van der Waals surface area contributed by atoms with Gasteiger partial charge < -0.3 is 29.9 Å². The zero-order valence-corrected chi connectivity index (χ0v) is 20.6. The van der Waals surface area contributed by atoms with Crippen LogP contribution in [0.5, 0.6) is 11.5 Å². The van der Waals surface area contributed by atoms with E-state index in [4.69, 9.17) is 9.47 Å². The van der Waals surface area contributed by atoms with E-state index in [9.17, 15) is 34.8 Å². The molecule has 0 aromatic heterocycles. The van der Waals surface area contributed by atoms with Crippen LogP contribution < -0.4 is 0 Å². The van der Waals surface area contributed by atoms with Gasteiger partial charge in [0.15, 0.2) is 23.6 Å². The maximum Gasteiger partial charge on any atom is 0.198 e. The molecule has 9 nitrogen and oxygen atoms in total. The second kappa shape index (κ2) is 9.40. The Labute approximate surface area is 208 Å². The molecule has 0 heterocycles. The number of carbonyl (C=O) groups excluding carboxylic acids is 3. The number of benzene rings is 2. The van der Waals surface area contributed by atoms with Crippen molar-refractivity contribution in [2.24, 2.45) is 0 Å². The molecule has 2 aromatic rings. The number of aliphatic hydroxyl groups excluding tert-OH is 1. The highest BCUT2D eigenvalue weighted by Gasteiger charge is 2.48. The van der Waals surface area contributed by atoms with Crippen LogP contribution in [0.2, 0.25) is 0 Å². The number of ketones is 3. The zero-order chi connectivity index (χ0) is 26.5. The van der Waals surface area contributed by atoms with Crippen LogP contribution in [-0.2, 0) is 20.7 Å². The van der Waals surface area contributed by atoms with Gasteiger partial charge in [0.05, 0.1) is 29.4 Å². The Bertz CT molecular complexity index is 1250. The van der Waals surface area contributed by atoms with E-state index in [0.29, 0.717) is 6.42 Å². The fraction of sp³-hybridized carbons (Fsp3) is 0.444. The summed E-state index contributed by atoms with van der Waals surface area (Å²) in [6, 6.07) is 6.10. The number of Topliss-reactive ketones (excluding diaryl/α,β-unsaturated/α-hetero) is 1. The Kier molecular flexibility index (Phi) is 6.78. The molecule has 2 aromatic carbocycles. The molecule has 0 aliphatic heterocycles. The van der Waals surface area contributed by atoms with E-state index in [1.807, 2.05) is 0 Å². The first kappa shape index (κ1) is 26.0. The lowest BCUT2D eigenvalue weighted by atomic mass is 9.72. The van der Waals surface area contributed by atoms with Gasteiger partial charge in [-0.3, -0.25) is 14.4 Å². The monoisotopic (exact) mass is 498 g/mol. The summed E-state index contributed by atoms with van der Waals surface area (Å²) >= 11 is 0. The highest BCUT2D eigenvalue weighted by Crippen LogP contribution is 2.51. The molecule has 0 saturated heterocycles. The van der Waals surface area contributed by atoms with Gasteiger partial charge in [0.2, 0.25) is 0 Å². The number of hydrogen-bond acceptors (Lipinski definition) is 9. The summed E-state index contributed by atoms with van der Waals surface area (Å²) in [4.78, 5) is 39.0. The lowest BCUT2D eigenvalue weighted by molar-refractivity contribution is -0.211. The number of fused-ring (bicyclic) bond motifs is 3. The number of aliphatic hydroxyl groups is 2. The molecule has 2 aliphatic carbocycles. The molecule has 4 rings (SSSR count). The largest absolute Gasteiger partial charge is 0.507 e. The molecule has 0 spiro atoms. The maximum atomic E-state index is 13.3. The third-order valence-corrected chi connectivity index (χ3v) is 7.15. The van der Waals surface area contributed by atoms with E-state index in [-0.39, 0.29) is 46.2 Å². The number of carbonyl (C=O) groups is 3. The van der Waals surface area contributed by atoms with Gasteiger partial charge in [0.25, 0.3) is 0 Å². The van der Waals surface area contributed by atoms with E-state index in [1.165, 1.54) is 19.1 Å². The summed E-state index contributed by atoms with van der Waals surface area (Å²) in [7, 11) is 0. The van der Waals surface area contributed by atoms with Crippen molar-refractivity contribution < 1.29 is 44.3 Å². The fourth-order valence-corrected chi connectivity index (χ4v) is 5.06. The summed E-state index contributed by atoms with van der Waals surface area (Å²) in [5, 5.41) is 43.7. The van der Waals surface area contributed by atoms with Gasteiger partial charge >= 0.3 is 0 Å².